The van der Waals surface area contributed by atoms with Gasteiger partial charge in [0, 0.05) is 55.2 Å². The molecule has 4 rings (SSSR count). The van der Waals surface area contributed by atoms with Gasteiger partial charge in [-0.1, -0.05) is 41.9 Å². The van der Waals surface area contributed by atoms with Crippen LogP contribution in [0.1, 0.15) is 52.3 Å². The summed E-state index contributed by atoms with van der Waals surface area (Å²) in [6, 6.07) is 17.2. The van der Waals surface area contributed by atoms with E-state index < -0.39 is 0 Å². The highest BCUT2D eigenvalue weighted by Gasteiger charge is 2.20. The average Bonchev–Trinajstić information content (AvgIpc) is 2.88. The lowest BCUT2D eigenvalue weighted by atomic mass is 10.0. The van der Waals surface area contributed by atoms with Gasteiger partial charge in [0.2, 0.25) is 0 Å². The monoisotopic (exact) mass is 506 g/mol. The van der Waals surface area contributed by atoms with Gasteiger partial charge < -0.3 is 9.80 Å². The van der Waals surface area contributed by atoms with Gasteiger partial charge in [0.1, 0.15) is 5.82 Å². The number of fused-ring (bicyclic) bond motifs is 1. The van der Waals surface area contributed by atoms with Crippen molar-refractivity contribution >= 4 is 17.5 Å². The number of rotatable bonds is 10. The van der Waals surface area contributed by atoms with Crippen molar-refractivity contribution in [3.63, 3.8) is 0 Å². The zero-order chi connectivity index (χ0) is 25.5. The van der Waals surface area contributed by atoms with Crippen molar-refractivity contribution < 1.29 is 4.79 Å². The molecular weight excluding hydrogens is 472 g/mol. The van der Waals surface area contributed by atoms with E-state index in [2.05, 4.69) is 17.0 Å². The first-order chi connectivity index (χ1) is 17.4. The molecule has 1 aromatic heterocycles. The van der Waals surface area contributed by atoms with Crippen LogP contribution >= 0.6 is 11.6 Å². The van der Waals surface area contributed by atoms with Gasteiger partial charge in [0.25, 0.3) is 11.5 Å². The molecule has 7 heteroatoms. The molecule has 1 amide bonds. The Balaban J connectivity index is 1.54. The molecule has 0 N–H and O–H groups in total. The number of amides is 1. The van der Waals surface area contributed by atoms with E-state index in [0.717, 1.165) is 61.4 Å². The van der Waals surface area contributed by atoms with Crippen LogP contribution in [0, 0.1) is 0 Å². The summed E-state index contributed by atoms with van der Waals surface area (Å²) in [5, 5.41) is 0.613. The molecule has 0 radical (unpaired) electrons. The lowest BCUT2D eigenvalue weighted by molar-refractivity contribution is 0.0743. The van der Waals surface area contributed by atoms with Crippen LogP contribution in [0.4, 0.5) is 0 Å². The fourth-order valence-corrected chi connectivity index (χ4v) is 4.82. The normalized spacial score (nSPS) is 13.0. The highest BCUT2D eigenvalue weighted by atomic mass is 35.5. The Labute approximate surface area is 218 Å². The van der Waals surface area contributed by atoms with Crippen LogP contribution in [0.3, 0.4) is 0 Å². The fourth-order valence-electron chi connectivity index (χ4n) is 4.69. The van der Waals surface area contributed by atoms with Crippen molar-refractivity contribution in [2.24, 2.45) is 0 Å². The van der Waals surface area contributed by atoms with Crippen molar-refractivity contribution in [2.45, 2.75) is 45.1 Å². The summed E-state index contributed by atoms with van der Waals surface area (Å²) in [5.74, 6) is 0.899. The minimum Gasteiger partial charge on any atom is -0.337 e. The number of aryl methyl sites for hydroxylation is 2. The molecular formula is C29H35ClN4O2. The molecule has 3 aromatic rings. The average molecular weight is 507 g/mol. The topological polar surface area (TPSA) is 58.4 Å². The zero-order valence-electron chi connectivity index (χ0n) is 21.3. The third-order valence-corrected chi connectivity index (χ3v) is 6.97. The summed E-state index contributed by atoms with van der Waals surface area (Å²) in [5.41, 5.74) is 3.51. The Morgan fingerprint density at radius 3 is 2.47 bits per heavy atom. The summed E-state index contributed by atoms with van der Waals surface area (Å²) in [4.78, 5) is 35.7. The summed E-state index contributed by atoms with van der Waals surface area (Å²) >= 11 is 6.02. The number of nitrogens with zero attached hydrogens (tertiary/aromatic N) is 4. The Morgan fingerprint density at radius 2 is 1.75 bits per heavy atom. The summed E-state index contributed by atoms with van der Waals surface area (Å²) in [6.45, 7) is 2.75. The molecule has 2 heterocycles. The molecule has 0 saturated heterocycles. The number of aromatic nitrogens is 2. The van der Waals surface area contributed by atoms with Gasteiger partial charge in [-0.25, -0.2) is 4.98 Å². The summed E-state index contributed by atoms with van der Waals surface area (Å²) < 4.78 is 1.87. The van der Waals surface area contributed by atoms with Crippen LogP contribution in [-0.4, -0.2) is 59.0 Å². The minimum atomic E-state index is -0.00325. The van der Waals surface area contributed by atoms with Gasteiger partial charge in [-0.05, 0) is 69.6 Å². The molecule has 0 bridgehead atoms. The van der Waals surface area contributed by atoms with E-state index in [1.54, 1.807) is 24.3 Å². The van der Waals surface area contributed by atoms with E-state index in [9.17, 15) is 9.59 Å². The number of hydrogen-bond donors (Lipinski definition) is 0. The first-order valence-corrected chi connectivity index (χ1v) is 13.1. The first kappa shape index (κ1) is 26.1. The maximum atomic E-state index is 13.5. The quantitative estimate of drug-likeness (QED) is 0.407. The van der Waals surface area contributed by atoms with Gasteiger partial charge in [0.15, 0.2) is 0 Å². The number of carbonyl (C=O) groups is 1. The van der Waals surface area contributed by atoms with Crippen molar-refractivity contribution in [3.05, 3.63) is 98.2 Å². The Hall–Kier alpha value is -2.96. The van der Waals surface area contributed by atoms with E-state index in [1.165, 1.54) is 0 Å². The van der Waals surface area contributed by atoms with Crippen molar-refractivity contribution in [1.29, 1.82) is 0 Å². The van der Waals surface area contributed by atoms with Crippen LogP contribution in [-0.2, 0) is 25.8 Å². The molecule has 1 aliphatic rings. The number of benzene rings is 2. The Morgan fingerprint density at radius 1 is 1.00 bits per heavy atom. The summed E-state index contributed by atoms with van der Waals surface area (Å²) in [7, 11) is 4.01. The van der Waals surface area contributed by atoms with Gasteiger partial charge in [-0.15, -0.1) is 0 Å². The van der Waals surface area contributed by atoms with Gasteiger partial charge in [0.05, 0.1) is 5.69 Å². The number of halogens is 1. The molecule has 0 atom stereocenters. The van der Waals surface area contributed by atoms with Crippen LogP contribution in [0.15, 0.2) is 59.4 Å². The van der Waals surface area contributed by atoms with Crippen molar-refractivity contribution in [1.82, 2.24) is 19.4 Å². The molecule has 0 fully saturated rings. The maximum Gasteiger partial charge on any atom is 0.257 e. The van der Waals surface area contributed by atoms with E-state index >= 15 is 0 Å². The van der Waals surface area contributed by atoms with Crippen LogP contribution in [0.2, 0.25) is 5.02 Å². The van der Waals surface area contributed by atoms with E-state index in [-0.39, 0.29) is 11.5 Å². The minimum absolute atomic E-state index is 0.00325. The summed E-state index contributed by atoms with van der Waals surface area (Å²) in [6.07, 6.45) is 4.92. The lowest BCUT2D eigenvalue weighted by Gasteiger charge is -2.25. The molecule has 0 unspecified atom stereocenters. The second kappa shape index (κ2) is 12.3. The van der Waals surface area contributed by atoms with Crippen molar-refractivity contribution in [2.75, 3.05) is 33.7 Å². The van der Waals surface area contributed by atoms with Crippen molar-refractivity contribution in [3.8, 4) is 0 Å². The largest absolute Gasteiger partial charge is 0.337 e. The van der Waals surface area contributed by atoms with Gasteiger partial charge >= 0.3 is 0 Å². The predicted molar refractivity (Wildman–Crippen MR) is 145 cm³/mol. The van der Waals surface area contributed by atoms with Crippen LogP contribution < -0.4 is 5.56 Å². The molecule has 36 heavy (non-hydrogen) atoms. The predicted octanol–water partition coefficient (Wildman–Crippen LogP) is 4.46. The van der Waals surface area contributed by atoms with Gasteiger partial charge in [-0.3, -0.25) is 14.2 Å². The lowest BCUT2D eigenvalue weighted by Crippen LogP contribution is -2.37. The highest BCUT2D eigenvalue weighted by Crippen LogP contribution is 2.18. The SMILES string of the molecule is CN(C)CCN(CCCc1nc2n(c(=O)c1Cc1ccccc1)CCCC2)C(=O)c1ccc(Cl)cc1. The van der Waals surface area contributed by atoms with Gasteiger partial charge in [-0.2, -0.15) is 0 Å². The van der Waals surface area contributed by atoms with Crippen LogP contribution in [0.25, 0.3) is 0 Å². The first-order valence-electron chi connectivity index (χ1n) is 12.8. The molecule has 190 valence electrons. The number of hydrogen-bond acceptors (Lipinski definition) is 4. The molecule has 2 aromatic carbocycles. The molecule has 0 spiro atoms. The third kappa shape index (κ3) is 6.62. The van der Waals surface area contributed by atoms with E-state index in [4.69, 9.17) is 16.6 Å². The van der Waals surface area contributed by atoms with E-state index in [0.29, 0.717) is 36.5 Å². The molecule has 1 aliphatic heterocycles. The maximum absolute atomic E-state index is 13.5. The smallest absolute Gasteiger partial charge is 0.257 e. The number of likely N-dealkylation sites (N-methyl/N-ethyl adjacent to an activating group) is 1. The van der Waals surface area contributed by atoms with E-state index in [1.807, 2.05) is 41.8 Å². The van der Waals surface area contributed by atoms with Crippen LogP contribution in [0.5, 0.6) is 0 Å². The Kier molecular flexibility index (Phi) is 8.94. The number of carbonyl (C=O) groups excluding carboxylic acids is 1. The second-order valence-corrected chi connectivity index (χ2v) is 10.2. The third-order valence-electron chi connectivity index (χ3n) is 6.72. The highest BCUT2D eigenvalue weighted by molar-refractivity contribution is 6.30. The standard InChI is InChI=1S/C29H35ClN4O2/c1-32(2)19-20-33(28(35)23-13-15-24(30)16-14-23)17-8-11-26-25(21-22-9-4-3-5-10-22)29(36)34-18-7-6-12-27(34)31-26/h3-5,9-10,13-16H,6-8,11-12,17-21H2,1-2H3. The fraction of sp³-hybridized carbons (Fsp3) is 0.414. The molecule has 0 saturated carbocycles. The Bertz CT molecular complexity index is 1220. The molecule has 6 nitrogen and oxygen atoms in total. The molecule has 0 aliphatic carbocycles. The zero-order valence-corrected chi connectivity index (χ0v) is 22.0. The second-order valence-electron chi connectivity index (χ2n) is 9.74.